The zero-order valence-corrected chi connectivity index (χ0v) is 17.2. The van der Waals surface area contributed by atoms with Gasteiger partial charge in [0.2, 0.25) is 0 Å². The van der Waals surface area contributed by atoms with E-state index in [2.05, 4.69) is 55.0 Å². The molecule has 0 radical (unpaired) electrons. The number of halogens is 1. The molecule has 0 saturated carbocycles. The molecule has 3 heteroatoms. The lowest BCUT2D eigenvalue weighted by Gasteiger charge is -2.04. The van der Waals surface area contributed by atoms with Gasteiger partial charge in [0.25, 0.3) is 0 Å². The molecule has 0 aliphatic heterocycles. The monoisotopic (exact) mass is 373 g/mol. The summed E-state index contributed by atoms with van der Waals surface area (Å²) >= 11 is 3.45. The van der Waals surface area contributed by atoms with Gasteiger partial charge in [-0.2, -0.15) is 0 Å². The highest BCUT2D eigenvalue weighted by Crippen LogP contribution is 2.22. The summed E-state index contributed by atoms with van der Waals surface area (Å²) in [6.45, 7) is 12.5. The van der Waals surface area contributed by atoms with Crippen molar-refractivity contribution in [2.45, 2.75) is 73.6 Å². The Labute approximate surface area is 147 Å². The Morgan fingerprint density at radius 1 is 1.09 bits per heavy atom. The number of benzene rings is 1. The van der Waals surface area contributed by atoms with Crippen molar-refractivity contribution in [1.29, 1.82) is 0 Å². The van der Waals surface area contributed by atoms with Crippen LogP contribution in [0.3, 0.4) is 0 Å². The molecule has 0 aliphatic rings. The molecule has 0 aromatic heterocycles. The summed E-state index contributed by atoms with van der Waals surface area (Å²) in [6, 6.07) is 6.11. The predicted octanol–water partition coefficient (Wildman–Crippen LogP) is 7.01. The molecule has 0 unspecified atom stereocenters. The first kappa shape index (κ1) is 26.1. The van der Waals surface area contributed by atoms with Gasteiger partial charge in [-0.25, -0.2) is 0 Å². The predicted molar refractivity (Wildman–Crippen MR) is 106 cm³/mol. The molecule has 0 fully saturated rings. The Hall–Kier alpha value is -0.830. The van der Waals surface area contributed by atoms with E-state index in [1.807, 2.05) is 33.0 Å². The summed E-state index contributed by atoms with van der Waals surface area (Å²) in [4.78, 5) is 9.56. The molecule has 2 nitrogen and oxygen atoms in total. The third kappa shape index (κ3) is 17.2. The Kier molecular flexibility index (Phi) is 26.6. The highest BCUT2D eigenvalue weighted by atomic mass is 79.9. The highest BCUT2D eigenvalue weighted by Gasteiger charge is 1.96. The number of aldehydes is 1. The zero-order valence-electron chi connectivity index (χ0n) is 15.6. The molecule has 1 aromatic carbocycles. The molecule has 0 heterocycles. The molecule has 1 aromatic rings. The van der Waals surface area contributed by atoms with E-state index in [4.69, 9.17) is 0 Å². The lowest BCUT2D eigenvalue weighted by Crippen LogP contribution is -1.90. The van der Waals surface area contributed by atoms with Gasteiger partial charge >= 0.3 is 0 Å². The first-order valence-corrected chi connectivity index (χ1v) is 9.24. The lowest BCUT2D eigenvalue weighted by molar-refractivity contribution is -0.107. The van der Waals surface area contributed by atoms with E-state index >= 15 is 0 Å². The average molecular weight is 374 g/mol. The van der Waals surface area contributed by atoms with Crippen LogP contribution in [0.5, 0.6) is 0 Å². The summed E-state index contributed by atoms with van der Waals surface area (Å²) in [7, 11) is 1.93. The van der Waals surface area contributed by atoms with Gasteiger partial charge in [0.1, 0.15) is 6.29 Å². The summed E-state index contributed by atoms with van der Waals surface area (Å²) in [5.74, 6) is 0. The Bertz CT molecular complexity index is 338. The molecule has 0 bridgehead atoms. The van der Waals surface area contributed by atoms with Crippen LogP contribution >= 0.6 is 15.9 Å². The molecule has 130 valence electrons. The maximum atomic E-state index is 9.56. The SMILES string of the molecule is CC.CCCC.CCCCC=O.CNc1cccc(Br)c1C. The first-order chi connectivity index (χ1) is 10.6. The van der Waals surface area contributed by atoms with E-state index in [1.165, 1.54) is 24.1 Å². The number of anilines is 1. The third-order valence-corrected chi connectivity index (χ3v) is 3.57. The quantitative estimate of drug-likeness (QED) is 0.444. The summed E-state index contributed by atoms with van der Waals surface area (Å²) in [5.41, 5.74) is 2.43. The molecule has 1 rings (SSSR count). The fraction of sp³-hybridized carbons (Fsp3) is 0.632. The van der Waals surface area contributed by atoms with E-state index in [1.54, 1.807) is 0 Å². The second-order valence-electron chi connectivity index (χ2n) is 4.47. The smallest absolute Gasteiger partial charge is 0.119 e. The van der Waals surface area contributed by atoms with E-state index in [-0.39, 0.29) is 0 Å². The largest absolute Gasteiger partial charge is 0.388 e. The lowest BCUT2D eigenvalue weighted by atomic mass is 10.2. The van der Waals surface area contributed by atoms with Crippen molar-refractivity contribution < 1.29 is 4.79 Å². The van der Waals surface area contributed by atoms with Crippen LogP contribution in [-0.2, 0) is 4.79 Å². The fourth-order valence-corrected chi connectivity index (χ4v) is 1.53. The number of carbonyl (C=O) groups excluding carboxylic acids is 1. The van der Waals surface area contributed by atoms with Gasteiger partial charge in [0, 0.05) is 23.6 Å². The van der Waals surface area contributed by atoms with Crippen molar-refractivity contribution in [2.75, 3.05) is 12.4 Å². The van der Waals surface area contributed by atoms with Gasteiger partial charge in [-0.15, -0.1) is 0 Å². The second kappa shape index (κ2) is 22.5. The summed E-state index contributed by atoms with van der Waals surface area (Å²) in [6.07, 6.45) is 6.50. The molecular weight excluding hydrogens is 338 g/mol. The van der Waals surface area contributed by atoms with E-state index in [0.29, 0.717) is 0 Å². The van der Waals surface area contributed by atoms with Crippen molar-refractivity contribution in [3.8, 4) is 0 Å². The Morgan fingerprint density at radius 2 is 1.64 bits per heavy atom. The van der Waals surface area contributed by atoms with Crippen molar-refractivity contribution in [2.24, 2.45) is 0 Å². The zero-order chi connectivity index (χ0) is 17.8. The van der Waals surface area contributed by atoms with Gasteiger partial charge in [0.15, 0.2) is 0 Å². The van der Waals surface area contributed by atoms with Crippen molar-refractivity contribution in [3.63, 3.8) is 0 Å². The third-order valence-electron chi connectivity index (χ3n) is 2.71. The molecular formula is C19H36BrNO. The van der Waals surface area contributed by atoms with Crippen LogP contribution in [0.1, 0.15) is 72.3 Å². The van der Waals surface area contributed by atoms with Crippen molar-refractivity contribution >= 4 is 27.9 Å². The molecule has 0 aliphatic carbocycles. The number of unbranched alkanes of at least 4 members (excludes halogenated alkanes) is 3. The first-order valence-electron chi connectivity index (χ1n) is 8.45. The van der Waals surface area contributed by atoms with Crippen LogP contribution in [0, 0.1) is 6.92 Å². The molecule has 22 heavy (non-hydrogen) atoms. The molecule has 1 N–H and O–H groups in total. The Balaban J connectivity index is -0.000000259. The number of hydrogen-bond donors (Lipinski definition) is 1. The van der Waals surface area contributed by atoms with Crippen molar-refractivity contribution in [1.82, 2.24) is 0 Å². The average Bonchev–Trinajstić information content (AvgIpc) is 2.58. The van der Waals surface area contributed by atoms with Gasteiger partial charge < -0.3 is 10.1 Å². The van der Waals surface area contributed by atoms with Crippen LogP contribution < -0.4 is 5.32 Å². The topological polar surface area (TPSA) is 29.1 Å². The van der Waals surface area contributed by atoms with E-state index in [9.17, 15) is 4.79 Å². The Morgan fingerprint density at radius 3 is 1.91 bits per heavy atom. The number of nitrogens with one attached hydrogen (secondary N) is 1. The van der Waals surface area contributed by atoms with Crippen LogP contribution in [0.15, 0.2) is 22.7 Å². The van der Waals surface area contributed by atoms with Crippen LogP contribution in [-0.4, -0.2) is 13.3 Å². The minimum absolute atomic E-state index is 0.733. The van der Waals surface area contributed by atoms with Gasteiger partial charge in [-0.1, -0.05) is 75.9 Å². The second-order valence-corrected chi connectivity index (χ2v) is 5.33. The molecule has 0 atom stereocenters. The van der Waals surface area contributed by atoms with E-state index < -0.39 is 0 Å². The van der Waals surface area contributed by atoms with Gasteiger partial charge in [-0.3, -0.25) is 0 Å². The van der Waals surface area contributed by atoms with Crippen LogP contribution in [0.4, 0.5) is 5.69 Å². The normalized spacial score (nSPS) is 8.18. The maximum Gasteiger partial charge on any atom is 0.119 e. The van der Waals surface area contributed by atoms with Crippen LogP contribution in [0.2, 0.25) is 0 Å². The number of rotatable bonds is 5. The standard InChI is InChI=1S/C8H10BrN.C5H10O.C4H10.C2H6/c1-6-7(9)4-3-5-8(6)10-2;1-2-3-4-5-6;1-3-4-2;1-2/h3-5,10H,1-2H3;5H,2-4H2,1H3;3-4H2,1-2H3;1-2H3. The minimum atomic E-state index is 0.733. The van der Waals surface area contributed by atoms with E-state index in [0.717, 1.165) is 30.0 Å². The number of hydrogen-bond acceptors (Lipinski definition) is 2. The molecule has 0 spiro atoms. The highest BCUT2D eigenvalue weighted by molar-refractivity contribution is 9.10. The number of carbonyl (C=O) groups is 1. The van der Waals surface area contributed by atoms with Crippen molar-refractivity contribution in [3.05, 3.63) is 28.2 Å². The fourth-order valence-electron chi connectivity index (χ4n) is 1.17. The summed E-state index contributed by atoms with van der Waals surface area (Å²) < 4.78 is 1.15. The maximum absolute atomic E-state index is 9.56. The van der Waals surface area contributed by atoms with Gasteiger partial charge in [-0.05, 0) is 31.0 Å². The van der Waals surface area contributed by atoms with Gasteiger partial charge in [0.05, 0.1) is 0 Å². The minimum Gasteiger partial charge on any atom is -0.388 e. The summed E-state index contributed by atoms with van der Waals surface area (Å²) in [5, 5.41) is 3.11. The molecule has 0 saturated heterocycles. The molecule has 0 amide bonds. The van der Waals surface area contributed by atoms with Crippen LogP contribution in [0.25, 0.3) is 0 Å².